The van der Waals surface area contributed by atoms with Crippen molar-refractivity contribution in [1.29, 1.82) is 0 Å². The van der Waals surface area contributed by atoms with Gasteiger partial charge in [0, 0.05) is 12.0 Å². The Bertz CT molecular complexity index is 1450. The van der Waals surface area contributed by atoms with E-state index in [0.717, 1.165) is 88.2 Å². The van der Waals surface area contributed by atoms with Crippen molar-refractivity contribution in [3.63, 3.8) is 0 Å². The van der Waals surface area contributed by atoms with Crippen LogP contribution >= 0.6 is 0 Å². The second-order valence-electron chi connectivity index (χ2n) is 14.4. The molecule has 2 aliphatic rings. The number of hydrogen-bond donors (Lipinski definition) is 0. The van der Waals surface area contributed by atoms with E-state index in [1.54, 1.807) is 24.3 Å². The highest BCUT2D eigenvalue weighted by Gasteiger charge is 2.37. The summed E-state index contributed by atoms with van der Waals surface area (Å²) in [6, 6.07) is 21.9. The van der Waals surface area contributed by atoms with Gasteiger partial charge in [-0.25, -0.2) is 9.59 Å². The largest absolute Gasteiger partial charge is 0.494 e. The van der Waals surface area contributed by atoms with Crippen molar-refractivity contribution in [2.24, 2.45) is 23.2 Å². The fraction of sp³-hybridized carbons (Fsp3) is 0.524. The van der Waals surface area contributed by atoms with E-state index in [2.05, 4.69) is 27.7 Å². The number of carbonyl (C=O) groups excluding carboxylic acids is 2. The number of carbonyl (C=O) groups is 2. The van der Waals surface area contributed by atoms with Crippen molar-refractivity contribution in [3.05, 3.63) is 83.9 Å². The van der Waals surface area contributed by atoms with Crippen molar-refractivity contribution in [2.45, 2.75) is 85.2 Å². The molecule has 0 radical (unpaired) electrons. The van der Waals surface area contributed by atoms with Crippen LogP contribution in [0.3, 0.4) is 0 Å². The van der Waals surface area contributed by atoms with E-state index in [-0.39, 0.29) is 17.5 Å². The number of ether oxygens (including phenoxy) is 5. The van der Waals surface area contributed by atoms with Crippen molar-refractivity contribution in [3.8, 4) is 22.6 Å². The number of unbranched alkanes of at least 4 members (excludes halogenated alkanes) is 3. The molecule has 3 aromatic rings. The molecule has 1 aliphatic heterocycles. The third-order valence-corrected chi connectivity index (χ3v) is 10.3. The predicted molar refractivity (Wildman–Crippen MR) is 192 cm³/mol. The molecule has 0 bridgehead atoms. The van der Waals surface area contributed by atoms with E-state index in [0.29, 0.717) is 41.2 Å². The summed E-state index contributed by atoms with van der Waals surface area (Å²) in [6.45, 7) is 12.8. The number of rotatable bonds is 17. The Morgan fingerprint density at radius 3 is 1.94 bits per heavy atom. The Morgan fingerprint density at radius 2 is 1.37 bits per heavy atom. The van der Waals surface area contributed by atoms with Crippen molar-refractivity contribution >= 4 is 11.9 Å². The molecule has 0 amide bonds. The molecule has 7 nitrogen and oxygen atoms in total. The van der Waals surface area contributed by atoms with E-state index < -0.39 is 5.97 Å². The Kier molecular flexibility index (Phi) is 13.3. The summed E-state index contributed by atoms with van der Waals surface area (Å²) >= 11 is 0. The molecule has 1 saturated heterocycles. The molecule has 0 aromatic heterocycles. The Morgan fingerprint density at radius 1 is 0.776 bits per heavy atom. The van der Waals surface area contributed by atoms with E-state index in [9.17, 15) is 9.59 Å². The molecule has 2 fully saturated rings. The van der Waals surface area contributed by atoms with Gasteiger partial charge in [0.05, 0.1) is 37.6 Å². The molecule has 3 unspecified atom stereocenters. The first-order valence-electron chi connectivity index (χ1n) is 18.3. The van der Waals surface area contributed by atoms with Crippen molar-refractivity contribution < 1.29 is 33.3 Å². The fourth-order valence-corrected chi connectivity index (χ4v) is 6.74. The van der Waals surface area contributed by atoms with Gasteiger partial charge < -0.3 is 23.7 Å². The van der Waals surface area contributed by atoms with Gasteiger partial charge in [-0.05, 0) is 116 Å². The zero-order valence-electron chi connectivity index (χ0n) is 29.8. The summed E-state index contributed by atoms with van der Waals surface area (Å²) < 4.78 is 28.7. The average Bonchev–Trinajstić information content (AvgIpc) is 3.09. The third kappa shape index (κ3) is 10.4. The minimum Gasteiger partial charge on any atom is -0.494 e. The lowest BCUT2D eigenvalue weighted by Crippen LogP contribution is -2.45. The zero-order valence-corrected chi connectivity index (χ0v) is 29.8. The van der Waals surface area contributed by atoms with Crippen LogP contribution < -0.4 is 9.47 Å². The summed E-state index contributed by atoms with van der Waals surface area (Å²) in [4.78, 5) is 25.8. The summed E-state index contributed by atoms with van der Waals surface area (Å²) in [7, 11) is 0. The molecule has 0 spiro atoms. The smallest absolute Gasteiger partial charge is 0.343 e. The first kappa shape index (κ1) is 36.6. The molecule has 1 heterocycles. The van der Waals surface area contributed by atoms with Gasteiger partial charge in [-0.3, -0.25) is 0 Å². The van der Waals surface area contributed by atoms with Crippen LogP contribution in [0, 0.1) is 23.2 Å². The zero-order chi connectivity index (χ0) is 34.6. The molecular formula is C42H54O7. The lowest BCUT2D eigenvalue weighted by molar-refractivity contribution is -0.150. The first-order valence-corrected chi connectivity index (χ1v) is 18.3. The quantitative estimate of drug-likeness (QED) is 0.0804. The number of esters is 2. The monoisotopic (exact) mass is 670 g/mol. The lowest BCUT2D eigenvalue weighted by Gasteiger charge is -2.40. The Hall–Kier alpha value is -3.68. The highest BCUT2D eigenvalue weighted by Crippen LogP contribution is 2.36. The molecule has 7 heteroatoms. The van der Waals surface area contributed by atoms with E-state index in [4.69, 9.17) is 23.7 Å². The van der Waals surface area contributed by atoms with Crippen LogP contribution in [0.25, 0.3) is 11.1 Å². The second-order valence-corrected chi connectivity index (χ2v) is 14.4. The SMILES string of the molecule is CCC1(COCCCCCCOc2ccc(OC(=O)c3ccc(-c4ccc(C(=O)OC5CC(C)CCC5C(C)C)cc4)cc3)cc2)COC1. The van der Waals surface area contributed by atoms with Crippen molar-refractivity contribution in [1.82, 2.24) is 0 Å². The standard InChI is InChI=1S/C42H54O7/c1-5-42(28-46-29-42)27-45-24-8-6-7-9-25-47-36-19-21-37(22-20-36)48-40(43)34-15-11-32(12-16-34)33-13-17-35(18-14-33)41(44)49-39-26-31(4)10-23-38(39)30(2)3/h11-22,30-31,38-39H,5-10,23-29H2,1-4H3. The summed E-state index contributed by atoms with van der Waals surface area (Å²) in [6.07, 6.45) is 8.57. The maximum Gasteiger partial charge on any atom is 0.343 e. The van der Waals surface area contributed by atoms with Gasteiger partial charge in [-0.1, -0.05) is 64.8 Å². The summed E-state index contributed by atoms with van der Waals surface area (Å²) in [5, 5.41) is 0. The highest BCUT2D eigenvalue weighted by molar-refractivity contribution is 5.92. The molecule has 264 valence electrons. The van der Waals surface area contributed by atoms with Crippen LogP contribution in [-0.2, 0) is 14.2 Å². The molecule has 3 atom stereocenters. The van der Waals surface area contributed by atoms with Gasteiger partial charge in [0.1, 0.15) is 17.6 Å². The van der Waals surface area contributed by atoms with Gasteiger partial charge in [-0.15, -0.1) is 0 Å². The highest BCUT2D eigenvalue weighted by atomic mass is 16.5. The average molecular weight is 671 g/mol. The minimum absolute atomic E-state index is 0.0301. The van der Waals surface area contributed by atoms with Gasteiger partial charge in [0.25, 0.3) is 0 Å². The van der Waals surface area contributed by atoms with Gasteiger partial charge in [0.2, 0.25) is 0 Å². The van der Waals surface area contributed by atoms with Crippen LogP contribution in [0.4, 0.5) is 0 Å². The van der Waals surface area contributed by atoms with Gasteiger partial charge in [0.15, 0.2) is 0 Å². The summed E-state index contributed by atoms with van der Waals surface area (Å²) in [5.74, 6) is 2.00. The maximum absolute atomic E-state index is 13.0. The number of hydrogen-bond acceptors (Lipinski definition) is 7. The Balaban J connectivity index is 1.01. The Labute approximate surface area is 292 Å². The third-order valence-electron chi connectivity index (χ3n) is 10.3. The van der Waals surface area contributed by atoms with Crippen LogP contribution in [0.15, 0.2) is 72.8 Å². The first-order chi connectivity index (χ1) is 23.7. The molecule has 1 aliphatic carbocycles. The molecule has 1 saturated carbocycles. The van der Waals surface area contributed by atoms with E-state index in [1.165, 1.54) is 6.42 Å². The van der Waals surface area contributed by atoms with Gasteiger partial charge >= 0.3 is 11.9 Å². The predicted octanol–water partition coefficient (Wildman–Crippen LogP) is 9.57. The lowest BCUT2D eigenvalue weighted by atomic mass is 9.75. The van der Waals surface area contributed by atoms with Gasteiger partial charge in [-0.2, -0.15) is 0 Å². The normalized spacial score (nSPS) is 20.0. The van der Waals surface area contributed by atoms with Crippen LogP contribution in [0.2, 0.25) is 0 Å². The minimum atomic E-state index is -0.426. The molecule has 5 rings (SSSR count). The second kappa shape index (κ2) is 17.8. The molecule has 49 heavy (non-hydrogen) atoms. The van der Waals surface area contributed by atoms with E-state index >= 15 is 0 Å². The van der Waals surface area contributed by atoms with E-state index in [1.807, 2.05) is 48.5 Å². The molecule has 3 aromatic carbocycles. The van der Waals surface area contributed by atoms with Crippen LogP contribution in [0.5, 0.6) is 11.5 Å². The number of benzene rings is 3. The van der Waals surface area contributed by atoms with Crippen LogP contribution in [0.1, 0.15) is 99.8 Å². The van der Waals surface area contributed by atoms with Crippen LogP contribution in [-0.4, -0.2) is 51.1 Å². The fourth-order valence-electron chi connectivity index (χ4n) is 6.74. The summed E-state index contributed by atoms with van der Waals surface area (Å²) in [5.41, 5.74) is 3.16. The molecular weight excluding hydrogens is 616 g/mol. The topological polar surface area (TPSA) is 80.3 Å². The maximum atomic E-state index is 13.0. The van der Waals surface area contributed by atoms with Crippen molar-refractivity contribution in [2.75, 3.05) is 33.0 Å². The molecule has 0 N–H and O–H groups in total.